The summed E-state index contributed by atoms with van der Waals surface area (Å²) in [5.41, 5.74) is 0.243. The lowest BCUT2D eigenvalue weighted by Gasteiger charge is -2.27. The van der Waals surface area contributed by atoms with E-state index < -0.39 is 6.17 Å². The van der Waals surface area contributed by atoms with Gasteiger partial charge in [0.15, 0.2) is 5.69 Å². The third kappa shape index (κ3) is 3.91. The highest BCUT2D eigenvalue weighted by atomic mass is 19.1. The van der Waals surface area contributed by atoms with Crippen LogP contribution in [0.1, 0.15) is 43.6 Å². The van der Waals surface area contributed by atoms with Gasteiger partial charge in [0.05, 0.1) is 25.3 Å². The number of alkyl halides is 1. The fourth-order valence-electron chi connectivity index (χ4n) is 3.11. The molecule has 0 radical (unpaired) electrons. The Morgan fingerprint density at radius 2 is 2.04 bits per heavy atom. The first kappa shape index (κ1) is 18.4. The Hall–Kier alpha value is -1.99. The van der Waals surface area contributed by atoms with Gasteiger partial charge in [0.2, 0.25) is 5.91 Å². The zero-order chi connectivity index (χ0) is 17.9. The zero-order valence-corrected chi connectivity index (χ0v) is 14.8. The van der Waals surface area contributed by atoms with E-state index >= 15 is 0 Å². The number of likely N-dealkylation sites (tertiary alicyclic amines) is 1. The van der Waals surface area contributed by atoms with E-state index in [9.17, 15) is 14.0 Å². The van der Waals surface area contributed by atoms with Crippen molar-refractivity contribution in [3.63, 3.8) is 0 Å². The van der Waals surface area contributed by atoms with Gasteiger partial charge in [-0.1, -0.05) is 19.1 Å². The molecule has 0 saturated carbocycles. The fourth-order valence-corrected chi connectivity index (χ4v) is 3.11. The van der Waals surface area contributed by atoms with Crippen molar-refractivity contribution < 1.29 is 14.0 Å². The van der Waals surface area contributed by atoms with E-state index in [2.05, 4.69) is 10.3 Å². The van der Waals surface area contributed by atoms with Crippen molar-refractivity contribution in [1.29, 1.82) is 0 Å². The molecule has 2 heterocycles. The summed E-state index contributed by atoms with van der Waals surface area (Å²) in [6, 6.07) is -0.253. The summed E-state index contributed by atoms with van der Waals surface area (Å²) in [5, 5.41) is 7.81. The molecule has 1 aromatic rings. The second-order valence-electron chi connectivity index (χ2n) is 6.52. The average Bonchev–Trinajstić information content (AvgIpc) is 3.14. The smallest absolute Gasteiger partial charge is 0.275 e. The van der Waals surface area contributed by atoms with Crippen LogP contribution in [0.4, 0.5) is 4.39 Å². The third-order valence-corrected chi connectivity index (χ3v) is 4.54. The zero-order valence-electron chi connectivity index (χ0n) is 14.8. The molecule has 0 unspecified atom stereocenters. The van der Waals surface area contributed by atoms with E-state index in [4.69, 9.17) is 0 Å². The SMILES string of the molecule is CCC(CC)C(=O)N1C[C@@H](F)C[C@H]1Cn1cc(C(=O)N(C)C)nn1. The van der Waals surface area contributed by atoms with Crippen LogP contribution in [-0.4, -0.2) is 69.5 Å². The van der Waals surface area contributed by atoms with Crippen LogP contribution >= 0.6 is 0 Å². The van der Waals surface area contributed by atoms with E-state index in [0.717, 1.165) is 12.8 Å². The molecule has 7 nitrogen and oxygen atoms in total. The number of carbonyl (C=O) groups excluding carboxylic acids is 2. The topological polar surface area (TPSA) is 71.3 Å². The van der Waals surface area contributed by atoms with E-state index in [1.54, 1.807) is 25.2 Å². The molecule has 0 aromatic carbocycles. The van der Waals surface area contributed by atoms with Crippen molar-refractivity contribution in [1.82, 2.24) is 24.8 Å². The average molecular weight is 339 g/mol. The highest BCUT2D eigenvalue weighted by Gasteiger charge is 2.37. The van der Waals surface area contributed by atoms with Crippen LogP contribution in [0, 0.1) is 5.92 Å². The summed E-state index contributed by atoms with van der Waals surface area (Å²) in [4.78, 5) is 27.5. The van der Waals surface area contributed by atoms with Crippen molar-refractivity contribution in [2.75, 3.05) is 20.6 Å². The lowest BCUT2D eigenvalue weighted by molar-refractivity contribution is -0.137. The van der Waals surface area contributed by atoms with Gasteiger partial charge in [-0.3, -0.25) is 9.59 Å². The van der Waals surface area contributed by atoms with Gasteiger partial charge in [0.1, 0.15) is 6.17 Å². The first-order valence-electron chi connectivity index (χ1n) is 8.43. The Bertz CT molecular complexity index is 585. The van der Waals surface area contributed by atoms with E-state index in [0.29, 0.717) is 13.0 Å². The molecular formula is C16H26FN5O2. The largest absolute Gasteiger partial charge is 0.343 e. The Morgan fingerprint density at radius 3 is 2.62 bits per heavy atom. The maximum absolute atomic E-state index is 13.9. The molecule has 134 valence electrons. The number of hydrogen-bond donors (Lipinski definition) is 0. The molecule has 24 heavy (non-hydrogen) atoms. The molecule has 0 N–H and O–H groups in total. The van der Waals surface area contributed by atoms with Gasteiger partial charge in [-0.25, -0.2) is 9.07 Å². The molecule has 0 spiro atoms. The molecule has 1 aromatic heterocycles. The summed E-state index contributed by atoms with van der Waals surface area (Å²) >= 11 is 0. The number of halogens is 1. The van der Waals surface area contributed by atoms with Crippen LogP contribution < -0.4 is 0 Å². The standard InChI is InChI=1S/C16H26FN5O2/c1-5-11(6-2)15(23)22-8-12(17)7-13(22)9-21-10-14(18-19-21)16(24)20(3)4/h10-13H,5-9H2,1-4H3/t12-,13-/m0/s1. The Kier molecular flexibility index (Phi) is 5.90. The second-order valence-corrected chi connectivity index (χ2v) is 6.52. The van der Waals surface area contributed by atoms with Gasteiger partial charge in [0.25, 0.3) is 5.91 Å². The number of nitrogens with zero attached hydrogens (tertiary/aromatic N) is 5. The fraction of sp³-hybridized carbons (Fsp3) is 0.750. The van der Waals surface area contributed by atoms with Gasteiger partial charge in [-0.2, -0.15) is 0 Å². The summed E-state index contributed by atoms with van der Waals surface area (Å²) < 4.78 is 15.4. The van der Waals surface area contributed by atoms with Crippen molar-refractivity contribution in [2.24, 2.45) is 5.92 Å². The van der Waals surface area contributed by atoms with E-state index in [1.807, 2.05) is 13.8 Å². The second kappa shape index (κ2) is 7.72. The lowest BCUT2D eigenvalue weighted by atomic mass is 10.0. The number of amides is 2. The van der Waals surface area contributed by atoms with Crippen LogP contribution in [0.3, 0.4) is 0 Å². The summed E-state index contributed by atoms with van der Waals surface area (Å²) in [6.07, 6.45) is 2.33. The minimum Gasteiger partial charge on any atom is -0.343 e. The van der Waals surface area contributed by atoms with Gasteiger partial charge >= 0.3 is 0 Å². The predicted molar refractivity (Wildman–Crippen MR) is 87.1 cm³/mol. The number of carbonyl (C=O) groups is 2. The summed E-state index contributed by atoms with van der Waals surface area (Å²) in [5.74, 6) is -0.296. The van der Waals surface area contributed by atoms with Crippen LogP contribution in [0.25, 0.3) is 0 Å². The molecule has 8 heteroatoms. The van der Waals surface area contributed by atoms with Gasteiger partial charge in [-0.15, -0.1) is 5.10 Å². The van der Waals surface area contributed by atoms with Gasteiger partial charge < -0.3 is 9.80 Å². The molecule has 2 amide bonds. The van der Waals surface area contributed by atoms with Crippen molar-refractivity contribution in [3.8, 4) is 0 Å². The normalized spacial score (nSPS) is 20.7. The predicted octanol–water partition coefficient (Wildman–Crippen LogP) is 1.36. The maximum Gasteiger partial charge on any atom is 0.275 e. The van der Waals surface area contributed by atoms with Crippen LogP contribution in [0.2, 0.25) is 0 Å². The Balaban J connectivity index is 2.09. The number of aromatic nitrogens is 3. The highest BCUT2D eigenvalue weighted by molar-refractivity contribution is 5.91. The molecule has 1 aliphatic heterocycles. The number of hydrogen-bond acceptors (Lipinski definition) is 4. The third-order valence-electron chi connectivity index (χ3n) is 4.54. The van der Waals surface area contributed by atoms with Crippen molar-refractivity contribution >= 4 is 11.8 Å². The quantitative estimate of drug-likeness (QED) is 0.784. The van der Waals surface area contributed by atoms with E-state index in [-0.39, 0.29) is 36.0 Å². The van der Waals surface area contributed by atoms with Crippen LogP contribution in [0.15, 0.2) is 6.20 Å². The van der Waals surface area contributed by atoms with Gasteiger partial charge in [-0.05, 0) is 12.8 Å². The van der Waals surface area contributed by atoms with E-state index in [1.165, 1.54) is 9.58 Å². The van der Waals surface area contributed by atoms with Crippen molar-refractivity contribution in [2.45, 2.75) is 51.9 Å². The van der Waals surface area contributed by atoms with Gasteiger partial charge in [0, 0.05) is 26.4 Å². The first-order chi connectivity index (χ1) is 11.4. The maximum atomic E-state index is 13.9. The molecule has 2 atom stereocenters. The summed E-state index contributed by atoms with van der Waals surface area (Å²) in [7, 11) is 3.28. The highest BCUT2D eigenvalue weighted by Crippen LogP contribution is 2.25. The monoisotopic (exact) mass is 339 g/mol. The molecule has 1 fully saturated rings. The number of rotatable bonds is 6. The Morgan fingerprint density at radius 1 is 1.38 bits per heavy atom. The van der Waals surface area contributed by atoms with Crippen molar-refractivity contribution in [3.05, 3.63) is 11.9 Å². The molecular weight excluding hydrogens is 313 g/mol. The lowest BCUT2D eigenvalue weighted by Crippen LogP contribution is -2.41. The molecule has 1 saturated heterocycles. The Labute approximate surface area is 141 Å². The summed E-state index contributed by atoms with van der Waals surface area (Å²) in [6.45, 7) is 4.43. The van der Waals surface area contributed by atoms with Crippen LogP contribution in [-0.2, 0) is 11.3 Å². The van der Waals surface area contributed by atoms with Crippen LogP contribution in [0.5, 0.6) is 0 Å². The molecule has 0 aliphatic carbocycles. The minimum absolute atomic E-state index is 0.00913. The minimum atomic E-state index is -1.01. The molecule has 2 rings (SSSR count). The first-order valence-corrected chi connectivity index (χ1v) is 8.43. The molecule has 0 bridgehead atoms. The molecule has 1 aliphatic rings.